The van der Waals surface area contributed by atoms with Crippen LogP contribution >= 0.6 is 11.3 Å². The third kappa shape index (κ3) is 2.00. The third-order valence-electron chi connectivity index (χ3n) is 4.72. The first-order chi connectivity index (χ1) is 10.7. The van der Waals surface area contributed by atoms with E-state index in [1.54, 1.807) is 11.3 Å². The van der Waals surface area contributed by atoms with Crippen LogP contribution < -0.4 is 4.90 Å². The monoisotopic (exact) mass is 317 g/mol. The molecule has 3 heterocycles. The third-order valence-corrected chi connectivity index (χ3v) is 5.90. The quantitative estimate of drug-likeness (QED) is 0.943. The number of anilines is 1. The number of aliphatic carboxylic acids is 1. The molecule has 22 heavy (non-hydrogen) atoms. The second-order valence-electron chi connectivity index (χ2n) is 6.04. The van der Waals surface area contributed by atoms with Gasteiger partial charge >= 0.3 is 5.97 Å². The Hall–Kier alpha value is -1.69. The molecule has 1 atom stereocenters. The molecule has 0 unspecified atom stereocenters. The highest BCUT2D eigenvalue weighted by molar-refractivity contribution is 7.19. The minimum atomic E-state index is -0.741. The van der Waals surface area contributed by atoms with Crippen molar-refractivity contribution in [3.05, 3.63) is 16.3 Å². The number of carboxylic acids is 1. The SMILES string of the molecule is CCc1nc(N2CCC[C@H]2C(=O)O)c2c3c(sc2n1)CCC3. The van der Waals surface area contributed by atoms with Crippen LogP contribution in [0.25, 0.3) is 10.2 Å². The summed E-state index contributed by atoms with van der Waals surface area (Å²) in [5.41, 5.74) is 1.37. The molecule has 1 saturated heterocycles. The number of thiophene rings is 1. The molecule has 5 nitrogen and oxygen atoms in total. The van der Waals surface area contributed by atoms with E-state index in [1.807, 2.05) is 11.8 Å². The van der Waals surface area contributed by atoms with Crippen LogP contribution in [0.3, 0.4) is 0 Å². The second-order valence-corrected chi connectivity index (χ2v) is 7.13. The molecular weight excluding hydrogens is 298 g/mol. The van der Waals surface area contributed by atoms with Gasteiger partial charge in [0.2, 0.25) is 0 Å². The minimum absolute atomic E-state index is 0.445. The first-order valence-electron chi connectivity index (χ1n) is 7.99. The molecular formula is C16H19N3O2S. The van der Waals surface area contributed by atoms with Crippen molar-refractivity contribution in [2.45, 2.75) is 51.5 Å². The van der Waals surface area contributed by atoms with Gasteiger partial charge in [-0.25, -0.2) is 14.8 Å². The second kappa shape index (κ2) is 5.19. The number of aryl methyl sites for hydroxylation is 3. The molecule has 1 aliphatic heterocycles. The molecule has 0 amide bonds. The first kappa shape index (κ1) is 13.9. The summed E-state index contributed by atoms with van der Waals surface area (Å²) < 4.78 is 0. The maximum atomic E-state index is 11.6. The summed E-state index contributed by atoms with van der Waals surface area (Å²) in [6, 6.07) is -0.445. The average molecular weight is 317 g/mol. The highest BCUT2D eigenvalue weighted by atomic mass is 32.1. The minimum Gasteiger partial charge on any atom is -0.480 e. The Kier molecular flexibility index (Phi) is 3.29. The number of rotatable bonds is 3. The molecule has 0 bridgehead atoms. The molecule has 4 rings (SSSR count). The Morgan fingerprint density at radius 3 is 3.00 bits per heavy atom. The maximum Gasteiger partial charge on any atom is 0.326 e. The van der Waals surface area contributed by atoms with Gasteiger partial charge in [-0.3, -0.25) is 0 Å². The molecule has 2 aromatic heterocycles. The number of hydrogen-bond donors (Lipinski definition) is 1. The van der Waals surface area contributed by atoms with Crippen molar-refractivity contribution >= 4 is 33.3 Å². The zero-order valence-electron chi connectivity index (χ0n) is 12.6. The predicted molar refractivity (Wildman–Crippen MR) is 86.8 cm³/mol. The van der Waals surface area contributed by atoms with Crippen molar-refractivity contribution in [2.24, 2.45) is 0 Å². The van der Waals surface area contributed by atoms with E-state index in [9.17, 15) is 9.90 Å². The summed E-state index contributed by atoms with van der Waals surface area (Å²) in [4.78, 5) is 25.5. The smallest absolute Gasteiger partial charge is 0.326 e. The van der Waals surface area contributed by atoms with Gasteiger partial charge in [-0.2, -0.15) is 0 Å². The van der Waals surface area contributed by atoms with Crippen molar-refractivity contribution in [1.29, 1.82) is 0 Å². The maximum absolute atomic E-state index is 11.6. The summed E-state index contributed by atoms with van der Waals surface area (Å²) >= 11 is 1.77. The first-order valence-corrected chi connectivity index (χ1v) is 8.81. The Bertz CT molecular complexity index is 755. The van der Waals surface area contributed by atoms with Crippen LogP contribution in [-0.4, -0.2) is 33.6 Å². The van der Waals surface area contributed by atoms with Crippen molar-refractivity contribution in [3.63, 3.8) is 0 Å². The number of nitrogens with zero attached hydrogens (tertiary/aromatic N) is 3. The molecule has 1 N–H and O–H groups in total. The standard InChI is InChI=1S/C16H19N3O2S/c1-2-12-17-14(19-8-4-6-10(19)16(20)21)13-9-5-3-7-11(9)22-15(13)18-12/h10H,2-8H2,1H3,(H,20,21)/t10-/m0/s1. The lowest BCUT2D eigenvalue weighted by Crippen LogP contribution is -2.36. The van der Waals surface area contributed by atoms with Crippen molar-refractivity contribution in [1.82, 2.24) is 9.97 Å². The largest absolute Gasteiger partial charge is 0.480 e. The van der Waals surface area contributed by atoms with Crippen LogP contribution in [0.15, 0.2) is 0 Å². The number of aromatic nitrogens is 2. The van der Waals surface area contributed by atoms with Gasteiger partial charge in [0.15, 0.2) is 0 Å². The zero-order chi connectivity index (χ0) is 15.3. The van der Waals surface area contributed by atoms with E-state index in [2.05, 4.69) is 0 Å². The molecule has 1 aliphatic carbocycles. The Morgan fingerprint density at radius 2 is 2.23 bits per heavy atom. The number of fused-ring (bicyclic) bond motifs is 3. The topological polar surface area (TPSA) is 66.3 Å². The normalized spacial score (nSPS) is 20.8. The van der Waals surface area contributed by atoms with E-state index >= 15 is 0 Å². The van der Waals surface area contributed by atoms with Gasteiger partial charge in [0.1, 0.15) is 22.5 Å². The lowest BCUT2D eigenvalue weighted by molar-refractivity contribution is -0.138. The Balaban J connectivity index is 1.93. The van der Waals surface area contributed by atoms with Gasteiger partial charge in [-0.05, 0) is 37.7 Å². The molecule has 116 valence electrons. The highest BCUT2D eigenvalue weighted by Crippen LogP contribution is 2.42. The molecule has 1 fully saturated rings. The van der Waals surface area contributed by atoms with Gasteiger partial charge in [0.05, 0.1) is 5.39 Å². The van der Waals surface area contributed by atoms with Crippen LogP contribution in [0, 0.1) is 0 Å². The Morgan fingerprint density at radius 1 is 1.36 bits per heavy atom. The van der Waals surface area contributed by atoms with Crippen LogP contribution in [0.1, 0.15) is 42.5 Å². The summed E-state index contributed by atoms with van der Waals surface area (Å²) in [5, 5.41) is 10.6. The molecule has 0 spiro atoms. The van der Waals surface area contributed by atoms with Crippen LogP contribution in [0.4, 0.5) is 5.82 Å². The number of carbonyl (C=O) groups is 1. The van der Waals surface area contributed by atoms with Gasteiger partial charge in [0, 0.05) is 17.8 Å². The van der Waals surface area contributed by atoms with Gasteiger partial charge in [-0.15, -0.1) is 11.3 Å². The highest BCUT2D eigenvalue weighted by Gasteiger charge is 2.34. The van der Waals surface area contributed by atoms with E-state index in [1.165, 1.54) is 16.9 Å². The Labute approximate surface area is 133 Å². The molecule has 0 radical (unpaired) electrons. The number of carboxylic acid groups (broad SMARTS) is 1. The van der Waals surface area contributed by atoms with E-state index in [0.29, 0.717) is 6.42 Å². The summed E-state index contributed by atoms with van der Waals surface area (Å²) in [7, 11) is 0. The van der Waals surface area contributed by atoms with Crippen LogP contribution in [0.2, 0.25) is 0 Å². The molecule has 0 saturated carbocycles. The van der Waals surface area contributed by atoms with Gasteiger partial charge < -0.3 is 10.0 Å². The summed E-state index contributed by atoms with van der Waals surface area (Å²) in [5.74, 6) is 0.943. The van der Waals surface area contributed by atoms with Gasteiger partial charge in [-0.1, -0.05) is 6.92 Å². The van der Waals surface area contributed by atoms with Crippen LogP contribution in [-0.2, 0) is 24.1 Å². The van der Waals surface area contributed by atoms with E-state index in [0.717, 1.165) is 54.1 Å². The fourth-order valence-electron chi connectivity index (χ4n) is 3.66. The zero-order valence-corrected chi connectivity index (χ0v) is 13.4. The van der Waals surface area contributed by atoms with E-state index in [4.69, 9.17) is 9.97 Å². The predicted octanol–water partition coefficient (Wildman–Crippen LogP) is 2.80. The lowest BCUT2D eigenvalue weighted by Gasteiger charge is -2.24. The fraction of sp³-hybridized carbons (Fsp3) is 0.562. The van der Waals surface area contributed by atoms with Crippen molar-refractivity contribution < 1.29 is 9.90 Å². The van der Waals surface area contributed by atoms with Crippen molar-refractivity contribution in [3.8, 4) is 0 Å². The molecule has 2 aliphatic rings. The fourth-order valence-corrected chi connectivity index (χ4v) is 4.94. The van der Waals surface area contributed by atoms with Crippen molar-refractivity contribution in [2.75, 3.05) is 11.4 Å². The van der Waals surface area contributed by atoms with E-state index in [-0.39, 0.29) is 0 Å². The van der Waals surface area contributed by atoms with E-state index < -0.39 is 12.0 Å². The lowest BCUT2D eigenvalue weighted by atomic mass is 10.1. The summed E-state index contributed by atoms with van der Waals surface area (Å²) in [6.45, 7) is 2.82. The molecule has 6 heteroatoms. The van der Waals surface area contributed by atoms with Gasteiger partial charge in [0.25, 0.3) is 0 Å². The number of hydrogen-bond acceptors (Lipinski definition) is 5. The molecule has 0 aromatic carbocycles. The average Bonchev–Trinajstić information content (AvgIpc) is 3.20. The molecule has 2 aromatic rings. The summed E-state index contributed by atoms with van der Waals surface area (Å²) in [6.07, 6.45) is 5.78. The van der Waals surface area contributed by atoms with Crippen LogP contribution in [0.5, 0.6) is 0 Å².